The molecule has 0 spiro atoms. The molecule has 0 amide bonds. The van der Waals surface area contributed by atoms with Crippen molar-refractivity contribution in [2.24, 2.45) is 23.5 Å². The molecule has 4 fully saturated rings. The zero-order valence-corrected chi connectivity index (χ0v) is 12.6. The van der Waals surface area contributed by atoms with Crippen LogP contribution >= 0.6 is 0 Å². The fourth-order valence-electron chi connectivity index (χ4n) is 5.12. The quantitative estimate of drug-likeness (QED) is 0.630. The summed E-state index contributed by atoms with van der Waals surface area (Å²) in [6.07, 6.45) is 8.78. The highest BCUT2D eigenvalue weighted by Gasteiger charge is 2.50. The van der Waals surface area contributed by atoms with E-state index in [0.717, 1.165) is 30.9 Å². The van der Waals surface area contributed by atoms with Gasteiger partial charge in [0.2, 0.25) is 0 Å². The highest BCUT2D eigenvalue weighted by Crippen LogP contribution is 2.55. The molecule has 0 radical (unpaired) electrons. The van der Waals surface area contributed by atoms with Crippen LogP contribution in [0.3, 0.4) is 0 Å². The number of hydrogen-bond acceptors (Lipinski definition) is 4. The minimum atomic E-state index is 0.466. The summed E-state index contributed by atoms with van der Waals surface area (Å²) in [6, 6.07) is 0. The first-order valence-corrected chi connectivity index (χ1v) is 8.40. The van der Waals surface area contributed by atoms with Gasteiger partial charge in [-0.25, -0.2) is 0 Å². The molecule has 4 heteroatoms. The Labute approximate surface area is 122 Å². The first kappa shape index (κ1) is 14.8. The van der Waals surface area contributed by atoms with Crippen LogP contribution in [-0.2, 0) is 9.47 Å². The van der Waals surface area contributed by atoms with E-state index in [9.17, 15) is 0 Å². The molecule has 4 aliphatic carbocycles. The van der Waals surface area contributed by atoms with Crippen LogP contribution < -0.4 is 11.1 Å². The first-order chi connectivity index (χ1) is 9.80. The van der Waals surface area contributed by atoms with E-state index in [1.54, 1.807) is 0 Å². The van der Waals surface area contributed by atoms with E-state index in [1.165, 1.54) is 38.5 Å². The molecule has 0 heterocycles. The number of ether oxygens (including phenoxy) is 2. The van der Waals surface area contributed by atoms with E-state index in [4.69, 9.17) is 15.2 Å². The van der Waals surface area contributed by atoms with Crippen LogP contribution in [0.5, 0.6) is 0 Å². The Hall–Kier alpha value is -0.160. The molecule has 0 aromatic heterocycles. The minimum absolute atomic E-state index is 0.466. The number of nitrogens with one attached hydrogen (secondary N) is 1. The maximum absolute atomic E-state index is 5.62. The van der Waals surface area contributed by atoms with Crippen molar-refractivity contribution in [1.82, 2.24) is 5.32 Å². The van der Waals surface area contributed by atoms with E-state index in [2.05, 4.69) is 5.32 Å². The van der Waals surface area contributed by atoms with E-state index < -0.39 is 0 Å². The SMILES string of the molecule is NCCOCCOCCNC12CC3CC(CC(C3)C1)C2. The van der Waals surface area contributed by atoms with Gasteiger partial charge in [-0.3, -0.25) is 0 Å². The summed E-state index contributed by atoms with van der Waals surface area (Å²) in [7, 11) is 0. The van der Waals surface area contributed by atoms with Crippen LogP contribution in [-0.4, -0.2) is 45.1 Å². The normalized spacial score (nSPS) is 38.5. The van der Waals surface area contributed by atoms with Crippen molar-refractivity contribution in [1.29, 1.82) is 0 Å². The standard InChI is InChI=1S/C16H30N2O2/c17-1-3-19-5-6-20-4-2-18-16-10-13-7-14(11-16)9-15(8-13)12-16/h13-15,18H,1-12,17H2. The van der Waals surface area contributed by atoms with Crippen LogP contribution in [0.1, 0.15) is 38.5 Å². The van der Waals surface area contributed by atoms with Gasteiger partial charge in [-0.15, -0.1) is 0 Å². The van der Waals surface area contributed by atoms with E-state index >= 15 is 0 Å². The van der Waals surface area contributed by atoms with Gasteiger partial charge in [-0.1, -0.05) is 0 Å². The van der Waals surface area contributed by atoms with Gasteiger partial charge >= 0.3 is 0 Å². The third-order valence-corrected chi connectivity index (χ3v) is 5.42. The van der Waals surface area contributed by atoms with Crippen LogP contribution in [0.25, 0.3) is 0 Å². The number of nitrogens with two attached hydrogens (primary N) is 1. The lowest BCUT2D eigenvalue weighted by Gasteiger charge is -2.57. The summed E-state index contributed by atoms with van der Waals surface area (Å²) in [4.78, 5) is 0. The maximum Gasteiger partial charge on any atom is 0.0701 e. The van der Waals surface area contributed by atoms with Crippen molar-refractivity contribution in [3.63, 3.8) is 0 Å². The summed E-state index contributed by atoms with van der Waals surface area (Å²) in [5.74, 6) is 3.04. The molecule has 3 N–H and O–H groups in total. The maximum atomic E-state index is 5.62. The Kier molecular flexibility index (Phi) is 4.97. The lowest BCUT2D eigenvalue weighted by atomic mass is 9.53. The smallest absolute Gasteiger partial charge is 0.0701 e. The molecule has 0 aliphatic heterocycles. The topological polar surface area (TPSA) is 56.5 Å². The van der Waals surface area contributed by atoms with Gasteiger partial charge in [-0.2, -0.15) is 0 Å². The second kappa shape index (κ2) is 6.73. The molecule has 0 unspecified atom stereocenters. The molecule has 0 aromatic rings. The molecule has 20 heavy (non-hydrogen) atoms. The van der Waals surface area contributed by atoms with E-state index in [0.29, 0.717) is 31.9 Å². The van der Waals surface area contributed by atoms with Crippen LogP contribution in [0.15, 0.2) is 0 Å². The van der Waals surface area contributed by atoms with Gasteiger partial charge in [-0.05, 0) is 56.3 Å². The van der Waals surface area contributed by atoms with Crippen molar-refractivity contribution >= 4 is 0 Å². The molecule has 4 nitrogen and oxygen atoms in total. The van der Waals surface area contributed by atoms with E-state index in [1.807, 2.05) is 0 Å². The predicted molar refractivity (Wildman–Crippen MR) is 79.6 cm³/mol. The number of rotatable bonds is 9. The second-order valence-corrected chi connectivity index (χ2v) is 7.14. The Morgan fingerprint density at radius 1 is 0.850 bits per heavy atom. The highest BCUT2D eigenvalue weighted by molar-refractivity contribution is 5.06. The van der Waals surface area contributed by atoms with Gasteiger partial charge in [0.25, 0.3) is 0 Å². The van der Waals surface area contributed by atoms with Gasteiger partial charge < -0.3 is 20.5 Å². The highest BCUT2D eigenvalue weighted by atomic mass is 16.5. The lowest BCUT2D eigenvalue weighted by Crippen LogP contribution is -2.58. The van der Waals surface area contributed by atoms with Crippen molar-refractivity contribution < 1.29 is 9.47 Å². The molecule has 4 bridgehead atoms. The van der Waals surface area contributed by atoms with Crippen molar-refractivity contribution in [3.8, 4) is 0 Å². The summed E-state index contributed by atoms with van der Waals surface area (Å²) < 4.78 is 10.9. The molecular weight excluding hydrogens is 252 g/mol. The lowest BCUT2D eigenvalue weighted by molar-refractivity contribution is -0.0242. The monoisotopic (exact) mass is 282 g/mol. The predicted octanol–water partition coefficient (Wildman–Crippen LogP) is 1.54. The first-order valence-electron chi connectivity index (χ1n) is 8.40. The molecule has 0 atom stereocenters. The zero-order chi connectivity index (χ0) is 13.8. The van der Waals surface area contributed by atoms with Gasteiger partial charge in [0.1, 0.15) is 0 Å². The average Bonchev–Trinajstić information content (AvgIpc) is 2.40. The molecular formula is C16H30N2O2. The average molecular weight is 282 g/mol. The van der Waals surface area contributed by atoms with Crippen LogP contribution in [0.4, 0.5) is 0 Å². The van der Waals surface area contributed by atoms with Crippen molar-refractivity contribution in [3.05, 3.63) is 0 Å². The molecule has 4 rings (SSSR count). The second-order valence-electron chi connectivity index (χ2n) is 7.14. The molecule has 4 aliphatic rings. The van der Waals surface area contributed by atoms with Crippen LogP contribution in [0.2, 0.25) is 0 Å². The zero-order valence-electron chi connectivity index (χ0n) is 12.6. The van der Waals surface area contributed by atoms with Crippen molar-refractivity contribution in [2.75, 3.05) is 39.5 Å². The summed E-state index contributed by atoms with van der Waals surface area (Å²) in [5.41, 5.74) is 5.83. The fraction of sp³-hybridized carbons (Fsp3) is 1.00. The van der Waals surface area contributed by atoms with Crippen molar-refractivity contribution in [2.45, 2.75) is 44.1 Å². The summed E-state index contributed by atoms with van der Waals surface area (Å²) in [6.45, 7) is 4.36. The molecule has 116 valence electrons. The Morgan fingerprint density at radius 2 is 1.40 bits per heavy atom. The van der Waals surface area contributed by atoms with Crippen LogP contribution in [0, 0.1) is 17.8 Å². The fourth-order valence-corrected chi connectivity index (χ4v) is 5.12. The molecule has 4 saturated carbocycles. The minimum Gasteiger partial charge on any atom is -0.378 e. The Balaban J connectivity index is 1.31. The third kappa shape index (κ3) is 3.53. The summed E-state index contributed by atoms with van der Waals surface area (Å²) >= 11 is 0. The Morgan fingerprint density at radius 3 is 1.95 bits per heavy atom. The third-order valence-electron chi connectivity index (χ3n) is 5.42. The summed E-state index contributed by atoms with van der Waals surface area (Å²) in [5, 5.41) is 3.84. The van der Waals surface area contributed by atoms with E-state index in [-0.39, 0.29) is 0 Å². The number of hydrogen-bond donors (Lipinski definition) is 2. The largest absolute Gasteiger partial charge is 0.378 e. The molecule has 0 aromatic carbocycles. The Bertz CT molecular complexity index is 274. The van der Waals surface area contributed by atoms with Gasteiger partial charge in [0, 0.05) is 18.6 Å². The van der Waals surface area contributed by atoms with Gasteiger partial charge in [0.15, 0.2) is 0 Å². The van der Waals surface area contributed by atoms with Gasteiger partial charge in [0.05, 0.1) is 26.4 Å². The molecule has 0 saturated heterocycles.